The number of rotatable bonds is 6. The van der Waals surface area contributed by atoms with Crippen LogP contribution in [-0.4, -0.2) is 50.9 Å². The second-order valence-corrected chi connectivity index (χ2v) is 8.00. The van der Waals surface area contributed by atoms with Crippen molar-refractivity contribution in [1.29, 1.82) is 0 Å². The lowest BCUT2D eigenvalue weighted by Gasteiger charge is -2.34. The molecule has 3 heterocycles. The Balaban J connectivity index is 1.19. The van der Waals surface area contributed by atoms with Crippen molar-refractivity contribution in [1.82, 2.24) is 30.5 Å². The molecule has 5 rings (SSSR count). The number of aromatic nitrogens is 5. The molecular weight excluding hydrogens is 374 g/mol. The minimum absolute atomic E-state index is 0.555. The van der Waals surface area contributed by atoms with Crippen molar-refractivity contribution in [3.05, 3.63) is 60.4 Å². The summed E-state index contributed by atoms with van der Waals surface area (Å²) in [6.07, 6.45) is 3.15. The summed E-state index contributed by atoms with van der Waals surface area (Å²) in [5, 5.41) is 16.6. The molecule has 4 aromatic rings. The lowest BCUT2D eigenvalue weighted by atomic mass is 10.0. The first kappa shape index (κ1) is 18.8. The van der Waals surface area contributed by atoms with Crippen LogP contribution in [0.3, 0.4) is 0 Å². The van der Waals surface area contributed by atoms with Gasteiger partial charge in [0.15, 0.2) is 5.82 Å². The molecule has 2 aromatic heterocycles. The van der Waals surface area contributed by atoms with E-state index >= 15 is 0 Å². The molecule has 2 N–H and O–H groups in total. The van der Waals surface area contributed by atoms with Crippen molar-refractivity contribution >= 4 is 16.6 Å². The van der Waals surface area contributed by atoms with Crippen LogP contribution in [0.1, 0.15) is 18.7 Å². The van der Waals surface area contributed by atoms with Crippen LogP contribution >= 0.6 is 0 Å². The van der Waals surface area contributed by atoms with Crippen molar-refractivity contribution in [3.8, 4) is 11.3 Å². The second-order valence-electron chi connectivity index (χ2n) is 8.00. The Kier molecular flexibility index (Phi) is 5.19. The average Bonchev–Trinajstić information content (AvgIpc) is 3.40. The normalized spacial score (nSPS) is 15.2. The highest BCUT2D eigenvalue weighted by Gasteiger charge is 2.19. The van der Waals surface area contributed by atoms with E-state index in [1.165, 1.54) is 27.8 Å². The molecule has 1 fully saturated rings. The summed E-state index contributed by atoms with van der Waals surface area (Å²) in [5.74, 6) is 0.925. The van der Waals surface area contributed by atoms with Crippen LogP contribution in [0, 0.1) is 0 Å². The number of nitrogens with one attached hydrogen (secondary N) is 2. The molecule has 0 bridgehead atoms. The molecule has 30 heavy (non-hydrogen) atoms. The number of tetrazole rings is 1. The zero-order valence-corrected chi connectivity index (χ0v) is 17.3. The molecule has 7 nitrogen and oxygen atoms in total. The molecule has 1 aliphatic heterocycles. The Morgan fingerprint density at radius 3 is 2.73 bits per heavy atom. The molecular formula is C23H27N7. The maximum absolute atomic E-state index is 4.05. The van der Waals surface area contributed by atoms with Gasteiger partial charge in [-0.05, 0) is 53.1 Å². The number of aryl methyl sites for hydroxylation is 1. The number of para-hydroxylation sites is 1. The van der Waals surface area contributed by atoms with Crippen molar-refractivity contribution < 1.29 is 0 Å². The van der Waals surface area contributed by atoms with Gasteiger partial charge < -0.3 is 15.2 Å². The summed E-state index contributed by atoms with van der Waals surface area (Å²) in [4.78, 5) is 6.04. The van der Waals surface area contributed by atoms with E-state index in [-0.39, 0.29) is 0 Å². The van der Waals surface area contributed by atoms with E-state index in [0.29, 0.717) is 6.04 Å². The summed E-state index contributed by atoms with van der Waals surface area (Å²) < 4.78 is 1.74. The third kappa shape index (κ3) is 3.93. The number of nitrogens with zero attached hydrogens (tertiary/aromatic N) is 5. The van der Waals surface area contributed by atoms with E-state index in [9.17, 15) is 0 Å². The van der Waals surface area contributed by atoms with Crippen molar-refractivity contribution in [2.45, 2.75) is 25.3 Å². The smallest absolute Gasteiger partial charge is 0.152 e. The maximum atomic E-state index is 4.05. The maximum Gasteiger partial charge on any atom is 0.152 e. The molecule has 1 aliphatic rings. The molecule has 0 unspecified atom stereocenters. The third-order valence-electron chi connectivity index (χ3n) is 6.04. The number of benzene rings is 2. The predicted molar refractivity (Wildman–Crippen MR) is 119 cm³/mol. The van der Waals surface area contributed by atoms with Gasteiger partial charge in [0.1, 0.15) is 0 Å². The van der Waals surface area contributed by atoms with Gasteiger partial charge in [-0.25, -0.2) is 4.68 Å². The molecule has 0 spiro atoms. The molecule has 7 heteroatoms. The van der Waals surface area contributed by atoms with Crippen molar-refractivity contribution in [2.75, 3.05) is 24.5 Å². The number of piperidine rings is 1. The highest BCUT2D eigenvalue weighted by Crippen LogP contribution is 2.28. The van der Waals surface area contributed by atoms with E-state index < -0.39 is 0 Å². The lowest BCUT2D eigenvalue weighted by molar-refractivity contribution is 0.415. The van der Waals surface area contributed by atoms with Gasteiger partial charge in [0.25, 0.3) is 0 Å². The summed E-state index contributed by atoms with van der Waals surface area (Å²) in [6, 6.07) is 20.1. The van der Waals surface area contributed by atoms with E-state index in [1.807, 2.05) is 7.05 Å². The minimum Gasteiger partial charge on any atom is -0.371 e. The molecule has 0 amide bonds. The van der Waals surface area contributed by atoms with Crippen LogP contribution in [0.15, 0.2) is 54.6 Å². The van der Waals surface area contributed by atoms with Gasteiger partial charge >= 0.3 is 0 Å². The van der Waals surface area contributed by atoms with Gasteiger partial charge in [-0.2, -0.15) is 0 Å². The van der Waals surface area contributed by atoms with Crippen LogP contribution in [0.4, 0.5) is 5.69 Å². The van der Waals surface area contributed by atoms with E-state index in [1.54, 1.807) is 4.68 Å². The fraction of sp³-hybridized carbons (Fsp3) is 0.348. The van der Waals surface area contributed by atoms with E-state index in [4.69, 9.17) is 0 Å². The first-order valence-electron chi connectivity index (χ1n) is 10.6. The molecule has 0 atom stereocenters. The quantitative estimate of drug-likeness (QED) is 0.519. The standard InChI is InChI=1S/C23H27N7/c1-29-23(26-27-28-29)9-12-24-19-10-13-30(14-11-19)20-7-4-6-17(15-20)22-16-18-5-2-3-8-21(18)25-22/h2-8,15-16,19,24-25H,9-14H2,1H3. The van der Waals surface area contributed by atoms with Crippen LogP contribution in [0.25, 0.3) is 22.2 Å². The largest absolute Gasteiger partial charge is 0.371 e. The molecule has 154 valence electrons. The van der Waals surface area contributed by atoms with Crippen LogP contribution in [0.2, 0.25) is 0 Å². The fourth-order valence-corrected chi connectivity index (χ4v) is 4.29. The number of fused-ring (bicyclic) bond motifs is 1. The van der Waals surface area contributed by atoms with E-state index in [2.05, 4.69) is 85.3 Å². The summed E-state index contributed by atoms with van der Waals surface area (Å²) in [6.45, 7) is 3.05. The summed E-state index contributed by atoms with van der Waals surface area (Å²) in [5.41, 5.74) is 4.89. The average molecular weight is 402 g/mol. The monoisotopic (exact) mass is 401 g/mol. The topological polar surface area (TPSA) is 74.7 Å². The third-order valence-corrected chi connectivity index (χ3v) is 6.04. The highest BCUT2D eigenvalue weighted by molar-refractivity contribution is 5.86. The summed E-state index contributed by atoms with van der Waals surface area (Å²) in [7, 11) is 1.89. The van der Waals surface area contributed by atoms with Crippen LogP contribution in [-0.2, 0) is 13.5 Å². The van der Waals surface area contributed by atoms with Gasteiger partial charge in [0.2, 0.25) is 0 Å². The Morgan fingerprint density at radius 2 is 1.93 bits per heavy atom. The van der Waals surface area contributed by atoms with Crippen LogP contribution in [0.5, 0.6) is 0 Å². The fourth-order valence-electron chi connectivity index (χ4n) is 4.29. The van der Waals surface area contributed by atoms with Gasteiger partial charge in [-0.1, -0.05) is 30.3 Å². The predicted octanol–water partition coefficient (Wildman–Crippen LogP) is 3.16. The molecule has 1 saturated heterocycles. The molecule has 0 aliphatic carbocycles. The lowest BCUT2D eigenvalue weighted by Crippen LogP contribution is -2.43. The van der Waals surface area contributed by atoms with Gasteiger partial charge in [0, 0.05) is 61.4 Å². The molecule has 0 saturated carbocycles. The first-order chi connectivity index (χ1) is 14.8. The molecule has 0 radical (unpaired) electrons. The van der Waals surface area contributed by atoms with E-state index in [0.717, 1.165) is 44.7 Å². The number of hydrogen-bond donors (Lipinski definition) is 2. The number of hydrogen-bond acceptors (Lipinski definition) is 5. The zero-order valence-electron chi connectivity index (χ0n) is 17.3. The second kappa shape index (κ2) is 8.28. The minimum atomic E-state index is 0.555. The van der Waals surface area contributed by atoms with Crippen molar-refractivity contribution in [3.63, 3.8) is 0 Å². The molecule has 2 aromatic carbocycles. The van der Waals surface area contributed by atoms with Gasteiger partial charge in [0.05, 0.1) is 0 Å². The Hall–Kier alpha value is -3.19. The highest BCUT2D eigenvalue weighted by atomic mass is 15.5. The van der Waals surface area contributed by atoms with Crippen LogP contribution < -0.4 is 10.2 Å². The number of anilines is 1. The zero-order chi connectivity index (χ0) is 20.3. The number of aromatic amines is 1. The van der Waals surface area contributed by atoms with Crippen molar-refractivity contribution in [2.24, 2.45) is 7.05 Å². The summed E-state index contributed by atoms with van der Waals surface area (Å²) >= 11 is 0. The van der Waals surface area contributed by atoms with Gasteiger partial charge in [-0.15, -0.1) is 5.10 Å². The van der Waals surface area contributed by atoms with Gasteiger partial charge in [-0.3, -0.25) is 0 Å². The number of H-pyrrole nitrogens is 1. The SMILES string of the molecule is Cn1nnnc1CCNC1CCN(c2cccc(-c3cc4ccccc4[nH]3)c2)CC1. The Morgan fingerprint density at radius 1 is 1.07 bits per heavy atom. The first-order valence-corrected chi connectivity index (χ1v) is 10.6. The Labute approximate surface area is 176 Å². The Bertz CT molecular complexity index is 1090.